The molecule has 2 aromatic heterocycles. The van der Waals surface area contributed by atoms with Crippen molar-refractivity contribution in [3.63, 3.8) is 0 Å². The Morgan fingerprint density at radius 3 is 1.16 bits per heavy atom. The van der Waals surface area contributed by atoms with Crippen LogP contribution >= 0.6 is 0 Å². The number of hydrogen-bond acceptors (Lipinski definition) is 37. The first-order valence-corrected chi connectivity index (χ1v) is 51.7. The number of aromatic nitrogens is 6. The van der Waals surface area contributed by atoms with E-state index in [4.69, 9.17) is 82.5 Å². The molecule has 10 aliphatic rings. The highest BCUT2D eigenvalue weighted by Crippen LogP contribution is 2.44. The lowest BCUT2D eigenvalue weighted by atomic mass is 9.74. The van der Waals surface area contributed by atoms with Crippen LogP contribution in [0.2, 0.25) is 0 Å². The van der Waals surface area contributed by atoms with Crippen LogP contribution in [0.1, 0.15) is 219 Å². The number of nitrogens with zero attached hydrogens (tertiary/aromatic N) is 8. The molecular formula is C96H162N12O31. The maximum absolute atomic E-state index is 14.8. The lowest BCUT2D eigenvalue weighted by Gasteiger charge is -2.49. The van der Waals surface area contributed by atoms with Crippen molar-refractivity contribution in [2.24, 2.45) is 47.0 Å². The highest BCUT2D eigenvalue weighted by Gasteiger charge is 2.56. The lowest BCUT2D eigenvalue weighted by molar-refractivity contribution is -0.308. The van der Waals surface area contributed by atoms with E-state index in [-0.39, 0.29) is 152 Å². The fourth-order valence-electron chi connectivity index (χ4n) is 21.7. The number of nitrogens with one attached hydrogen (secondary N) is 2. The minimum absolute atomic E-state index is 0.0110. The summed E-state index contributed by atoms with van der Waals surface area (Å²) in [7, 11) is 0. The molecule has 12 rings (SSSR count). The second-order valence-electron chi connectivity index (χ2n) is 39.8. The van der Waals surface area contributed by atoms with Crippen molar-refractivity contribution in [3.8, 4) is 0 Å². The maximum atomic E-state index is 14.8. The van der Waals surface area contributed by atoms with Crippen LogP contribution in [0.5, 0.6) is 0 Å². The minimum Gasteiger partial charge on any atom is -0.394 e. The zero-order chi connectivity index (χ0) is 99.0. The van der Waals surface area contributed by atoms with Gasteiger partial charge >= 0.3 is 0 Å². The van der Waals surface area contributed by atoms with Gasteiger partial charge in [0.05, 0.1) is 142 Å². The number of aliphatic hydroxyl groups excluding tert-OH is 10. The monoisotopic (exact) mass is 1980 g/mol. The topological polar surface area (TPSA) is 587 Å². The van der Waals surface area contributed by atoms with Crippen LogP contribution in [0.3, 0.4) is 0 Å². The number of carbonyl (C=O) groups excluding carboxylic acids is 6. The molecule has 2 aromatic rings. The Labute approximate surface area is 815 Å². The molecule has 10 fully saturated rings. The quantitative estimate of drug-likeness (QED) is 0.0388. The maximum Gasteiger partial charge on any atom is 0.251 e. The lowest BCUT2D eigenvalue weighted by Crippen LogP contribution is -2.67. The summed E-state index contributed by atoms with van der Waals surface area (Å²) in [6.45, 7) is 8.88. The average molecular weight is 1980 g/mol. The van der Waals surface area contributed by atoms with Crippen LogP contribution in [0.15, 0.2) is 12.4 Å². The average Bonchev–Trinajstić information content (AvgIpc) is 1.06. The number of rotatable bonds is 54. The Hall–Kier alpha value is -5.58. The minimum atomic E-state index is -1.60. The van der Waals surface area contributed by atoms with E-state index in [1.807, 2.05) is 13.8 Å². The fraction of sp³-hybridized carbons (Fsp3) is 0.896. The van der Waals surface area contributed by atoms with Crippen molar-refractivity contribution < 1.29 is 151 Å². The predicted molar refractivity (Wildman–Crippen MR) is 493 cm³/mol. The number of aliphatic hydroxyl groups is 10. The molecule has 6 aliphatic heterocycles. The molecule has 0 radical (unpaired) electrons. The van der Waals surface area contributed by atoms with E-state index in [1.165, 1.54) is 21.8 Å². The molecule has 139 heavy (non-hydrogen) atoms. The second-order valence-corrected chi connectivity index (χ2v) is 39.8. The summed E-state index contributed by atoms with van der Waals surface area (Å²) in [6.07, 6.45) is -7.84. The summed E-state index contributed by atoms with van der Waals surface area (Å²) in [5.41, 5.74) is 12.6. The molecular weight excluding hydrogens is 1820 g/mol. The Morgan fingerprint density at radius 1 is 0.446 bits per heavy atom. The summed E-state index contributed by atoms with van der Waals surface area (Å²) in [4.78, 5) is 90.6. The molecule has 12 unspecified atom stereocenters. The Morgan fingerprint density at radius 2 is 0.806 bits per heavy atom. The number of amides is 4. The summed E-state index contributed by atoms with van der Waals surface area (Å²) < 4.78 is 97.8. The van der Waals surface area contributed by atoms with Crippen molar-refractivity contribution in [2.45, 2.75) is 393 Å². The largest absolute Gasteiger partial charge is 0.394 e. The Kier molecular flexibility index (Phi) is 46.4. The number of hydrogen-bond donors (Lipinski definition) is 14. The van der Waals surface area contributed by atoms with E-state index in [1.54, 1.807) is 23.6 Å². The molecule has 4 saturated carbocycles. The van der Waals surface area contributed by atoms with Gasteiger partial charge in [-0.25, -0.2) is 9.36 Å². The molecule has 16 N–H and O–H groups in total. The zero-order valence-electron chi connectivity index (χ0n) is 81.8. The normalized spacial score (nSPS) is 34.0. The van der Waals surface area contributed by atoms with Gasteiger partial charge in [0.2, 0.25) is 11.8 Å². The second kappa shape index (κ2) is 57.5. The summed E-state index contributed by atoms with van der Waals surface area (Å²) in [5, 5.41) is 134. The molecule has 792 valence electrons. The van der Waals surface area contributed by atoms with E-state index >= 15 is 0 Å². The smallest absolute Gasteiger partial charge is 0.251 e. The van der Waals surface area contributed by atoms with Gasteiger partial charge in [0, 0.05) is 50.9 Å². The predicted octanol–water partition coefficient (Wildman–Crippen LogP) is 0.0212. The first-order chi connectivity index (χ1) is 67.3. The van der Waals surface area contributed by atoms with Crippen molar-refractivity contribution in [1.29, 1.82) is 0 Å². The first-order valence-electron chi connectivity index (χ1n) is 51.7. The molecule has 0 bridgehead atoms. The number of piperidine rings is 2. The number of ketones is 2. The van der Waals surface area contributed by atoms with Crippen molar-refractivity contribution >= 4 is 35.2 Å². The van der Waals surface area contributed by atoms with Gasteiger partial charge < -0.3 is 154 Å². The molecule has 43 nitrogen and oxygen atoms in total. The Balaban J connectivity index is 0.612. The van der Waals surface area contributed by atoms with Crippen molar-refractivity contribution in [1.82, 2.24) is 50.4 Å². The van der Waals surface area contributed by atoms with Crippen LogP contribution in [0.4, 0.5) is 0 Å². The van der Waals surface area contributed by atoms with Gasteiger partial charge in [0.1, 0.15) is 146 Å². The standard InChI is InChI=1S/C96H162N12O31/c1-5-61-43-63(67(111)25-19-27-97)45-69(89(61)130-55-75-83(117)87(121)81(115)57(3)132-75)136-95-79(91(85(119)73(51-109)138-95)134-71(41-59-21-11-7-12-22-59)93(123)105-29-15-9-16-30-105)99-77(113)49-107-47-65(101-103-107)53-128-39-37-126-35-33-125-34-36-127-38-40-129-54-66-48-108(104-102-66)50-78(114)100-80-92(135-72(42-60-23-13-8-14-24-60)94(124)106-31-17-10-18-32-106)86(120)74(52-110)139-96(80)137-70-46-64(68(112)26-20-28-98)44-62(6-2)90(70)131-56-76-84(118)88(122)82(116)58(4)133-76/h47-48,57-64,69-76,79-92,95-96,109-110,115-122H,5-46,49-56,97-98H2,1-4H3,(H,99,113)(H,100,114)/t57?,58?,61?,62?,63?,64?,69-,70-,71+,72+,73+,74+,75+,76+,79?,80?,81-,82-,83?,84?,85+,86+,87+,88+,89-,90-,91?,92?,95-,96-/m1/s1. The van der Waals surface area contributed by atoms with Crippen molar-refractivity contribution in [3.05, 3.63) is 23.8 Å². The van der Waals surface area contributed by atoms with Gasteiger partial charge in [-0.05, 0) is 141 Å². The van der Waals surface area contributed by atoms with Crippen LogP contribution in [0.25, 0.3) is 0 Å². The van der Waals surface area contributed by atoms with Gasteiger partial charge in [0.25, 0.3) is 11.8 Å². The highest BCUT2D eigenvalue weighted by atomic mass is 16.7. The molecule has 43 heteroatoms. The van der Waals surface area contributed by atoms with E-state index in [2.05, 4.69) is 31.3 Å². The number of likely N-dealkylation sites (tertiary alicyclic amines) is 2. The van der Waals surface area contributed by atoms with E-state index < -0.39 is 209 Å². The number of Topliss-reactive ketones (excluding diaryl/α,β-unsaturated/α-hetero) is 2. The third-order valence-electron chi connectivity index (χ3n) is 29.7. The fourth-order valence-corrected chi connectivity index (χ4v) is 21.7. The van der Waals surface area contributed by atoms with Crippen LogP contribution in [-0.4, -0.2) is 404 Å². The van der Waals surface area contributed by atoms with Gasteiger partial charge in [-0.3, -0.25) is 28.8 Å². The van der Waals surface area contributed by atoms with Crippen molar-refractivity contribution in [2.75, 3.05) is 119 Å². The third kappa shape index (κ3) is 32.2. The first kappa shape index (κ1) is 112. The molecule has 0 aromatic carbocycles. The summed E-state index contributed by atoms with van der Waals surface area (Å²) in [6, 6.07) is -2.72. The number of ether oxygens (including phenoxy) is 15. The SMILES string of the molecule is CCC1CC(C(=O)CCCN)C[C@@H](O[C@@H]2O[C@@H](CO)[C@H](O)C(O[C@@H](CC3CCCCC3)C(=O)N3CCCCC3)C2NC(=O)Cn2cc(COCCOCCOCCOCCOCc3cn(CC(=O)NC4C(O[C@@H](CC5CCCCC5)C(=O)N5CCCCC5)[C@@H](O)[C@H](CO)O[C@H]4O[C@@H]4CC(C(=O)CCCN)CC(CC)[C@H]4OC[C@@H]4OC(C)[C@@H](O)[C@H](O)C4O)nn3)nn2)[C@@H]1OC[C@@H]1OC(C)[C@@H](O)[C@H](O)C1O. The zero-order valence-corrected chi connectivity index (χ0v) is 81.8. The van der Waals surface area contributed by atoms with Gasteiger partial charge in [-0.15, -0.1) is 10.2 Å². The molecule has 8 heterocycles. The molecule has 4 aliphatic carbocycles. The highest BCUT2D eigenvalue weighted by molar-refractivity contribution is 5.83. The van der Waals surface area contributed by atoms with E-state index in [0.717, 1.165) is 103 Å². The molecule has 6 saturated heterocycles. The van der Waals surface area contributed by atoms with Gasteiger partial charge in [0.15, 0.2) is 12.6 Å². The molecule has 30 atom stereocenters. The number of carbonyl (C=O) groups is 6. The molecule has 4 amide bonds. The van der Waals surface area contributed by atoms with Crippen LogP contribution < -0.4 is 22.1 Å². The van der Waals surface area contributed by atoms with E-state index in [9.17, 15) is 79.8 Å². The van der Waals surface area contributed by atoms with Gasteiger partial charge in [-0.1, -0.05) is 101 Å². The Bertz CT molecular complexity index is 3700. The van der Waals surface area contributed by atoms with Crippen LogP contribution in [-0.2, 0) is 126 Å². The van der Waals surface area contributed by atoms with Crippen LogP contribution in [0, 0.1) is 35.5 Å². The summed E-state index contributed by atoms with van der Waals surface area (Å²) >= 11 is 0. The summed E-state index contributed by atoms with van der Waals surface area (Å²) in [5.74, 6) is -3.20. The van der Waals surface area contributed by atoms with E-state index in [0.29, 0.717) is 102 Å². The number of nitrogens with two attached hydrogens (primary N) is 2. The molecule has 0 spiro atoms. The van der Waals surface area contributed by atoms with Gasteiger partial charge in [-0.2, -0.15) is 0 Å². The third-order valence-corrected chi connectivity index (χ3v) is 29.7.